The third-order valence-corrected chi connectivity index (χ3v) is 6.62. The van der Waals surface area contributed by atoms with E-state index in [4.69, 9.17) is 15.2 Å². The minimum absolute atomic E-state index is 0.370. The second-order valence-electron chi connectivity index (χ2n) is 7.97. The topological polar surface area (TPSA) is 94.4 Å². The molecule has 0 aromatic carbocycles. The van der Waals surface area contributed by atoms with Gasteiger partial charge < -0.3 is 20.2 Å². The molecule has 0 aliphatic heterocycles. The quantitative estimate of drug-likeness (QED) is 0.637. The lowest BCUT2D eigenvalue weighted by Gasteiger charge is -2.42. The first-order valence-corrected chi connectivity index (χ1v) is 9.50. The molecular formula is C20H26N2O4. The Labute approximate surface area is 153 Å². The standard InChI is InChI=1S/C20H26N2O4/c1-11(9-21)19(23)25-17-7-15-12-2-3-13(6-12)16(15)8-18(17)26-20(24)14-4-5-22-10-14/h4-5,9-10,12-13,15-18,22H,2-3,6-8,21H2,1H3/b11-9+. The third-order valence-electron chi connectivity index (χ3n) is 6.62. The summed E-state index contributed by atoms with van der Waals surface area (Å²) in [5.74, 6) is 1.83. The van der Waals surface area contributed by atoms with Crippen LogP contribution < -0.4 is 5.73 Å². The zero-order chi connectivity index (χ0) is 18.3. The van der Waals surface area contributed by atoms with E-state index >= 15 is 0 Å². The molecule has 3 aliphatic carbocycles. The van der Waals surface area contributed by atoms with E-state index in [-0.39, 0.29) is 5.97 Å². The zero-order valence-electron chi connectivity index (χ0n) is 15.0. The van der Waals surface area contributed by atoms with Crippen LogP contribution in [-0.4, -0.2) is 29.1 Å². The van der Waals surface area contributed by atoms with Crippen molar-refractivity contribution in [1.82, 2.24) is 4.98 Å². The van der Waals surface area contributed by atoms with Crippen LogP contribution in [0.25, 0.3) is 0 Å². The number of hydrogen-bond acceptors (Lipinski definition) is 5. The predicted octanol–water partition coefficient (Wildman–Crippen LogP) is 2.77. The number of nitrogens with one attached hydrogen (secondary N) is 1. The fourth-order valence-electron chi connectivity index (χ4n) is 5.31. The SMILES string of the molecule is C/C(=C\N)C(=O)OC1CC2C3CCC(C3)C2CC1OC(=O)c1cc[nH]c1. The third kappa shape index (κ3) is 3.02. The molecule has 2 bridgehead atoms. The van der Waals surface area contributed by atoms with Crippen molar-refractivity contribution in [3.63, 3.8) is 0 Å². The van der Waals surface area contributed by atoms with Gasteiger partial charge in [0.05, 0.1) is 5.56 Å². The molecule has 6 nitrogen and oxygen atoms in total. The Morgan fingerprint density at radius 1 is 1.12 bits per heavy atom. The maximum atomic E-state index is 12.4. The number of carbonyl (C=O) groups excluding carboxylic acids is 2. The van der Waals surface area contributed by atoms with Crippen molar-refractivity contribution in [2.45, 2.75) is 51.2 Å². The van der Waals surface area contributed by atoms with E-state index in [1.807, 2.05) is 0 Å². The Balaban J connectivity index is 1.51. The number of nitrogens with two attached hydrogens (primary N) is 1. The predicted molar refractivity (Wildman–Crippen MR) is 94.9 cm³/mol. The molecule has 1 heterocycles. The molecule has 1 aromatic rings. The van der Waals surface area contributed by atoms with Crippen molar-refractivity contribution < 1.29 is 19.1 Å². The van der Waals surface area contributed by atoms with Gasteiger partial charge in [0.25, 0.3) is 0 Å². The average Bonchev–Trinajstić information content (AvgIpc) is 3.38. The summed E-state index contributed by atoms with van der Waals surface area (Å²) in [4.78, 5) is 27.5. The molecular weight excluding hydrogens is 332 g/mol. The van der Waals surface area contributed by atoms with E-state index in [0.717, 1.165) is 24.7 Å². The van der Waals surface area contributed by atoms with Gasteiger partial charge in [-0.15, -0.1) is 0 Å². The van der Waals surface area contributed by atoms with Gasteiger partial charge in [0, 0.05) is 24.2 Å². The first-order valence-electron chi connectivity index (χ1n) is 9.50. The summed E-state index contributed by atoms with van der Waals surface area (Å²) in [6.07, 6.45) is 9.16. The highest BCUT2D eigenvalue weighted by molar-refractivity contribution is 5.89. The minimum Gasteiger partial charge on any atom is -0.455 e. The number of ether oxygens (including phenoxy) is 2. The molecule has 3 aliphatic rings. The van der Waals surface area contributed by atoms with Crippen molar-refractivity contribution in [3.8, 4) is 0 Å². The number of aromatic nitrogens is 1. The van der Waals surface area contributed by atoms with Crippen LogP contribution in [0.3, 0.4) is 0 Å². The van der Waals surface area contributed by atoms with Gasteiger partial charge in [0.1, 0.15) is 12.2 Å². The first kappa shape index (κ1) is 17.2. The molecule has 4 rings (SSSR count). The monoisotopic (exact) mass is 358 g/mol. The Hall–Kier alpha value is -2.24. The molecule has 0 amide bonds. The van der Waals surface area contributed by atoms with Gasteiger partial charge in [-0.3, -0.25) is 0 Å². The van der Waals surface area contributed by atoms with Crippen LogP contribution in [0.4, 0.5) is 0 Å². The maximum Gasteiger partial charge on any atom is 0.340 e. The van der Waals surface area contributed by atoms with Crippen molar-refractivity contribution in [2.75, 3.05) is 0 Å². The summed E-state index contributed by atoms with van der Waals surface area (Å²) < 4.78 is 11.5. The largest absolute Gasteiger partial charge is 0.455 e. The molecule has 140 valence electrons. The summed E-state index contributed by atoms with van der Waals surface area (Å²) >= 11 is 0. The normalized spacial score (nSPS) is 35.8. The highest BCUT2D eigenvalue weighted by Crippen LogP contribution is 2.58. The molecule has 6 heteroatoms. The molecule has 3 N–H and O–H groups in total. The second kappa shape index (κ2) is 6.82. The molecule has 3 fully saturated rings. The second-order valence-corrected chi connectivity index (χ2v) is 7.97. The van der Waals surface area contributed by atoms with Gasteiger partial charge in [0.15, 0.2) is 0 Å². The number of fused-ring (bicyclic) bond motifs is 5. The van der Waals surface area contributed by atoms with Crippen LogP contribution in [0, 0.1) is 23.7 Å². The van der Waals surface area contributed by atoms with Crippen LogP contribution in [-0.2, 0) is 14.3 Å². The summed E-state index contributed by atoms with van der Waals surface area (Å²) in [6, 6.07) is 1.69. The fourth-order valence-corrected chi connectivity index (χ4v) is 5.31. The highest BCUT2D eigenvalue weighted by atomic mass is 16.6. The highest BCUT2D eigenvalue weighted by Gasteiger charge is 2.53. The minimum atomic E-state index is -0.429. The molecule has 0 radical (unpaired) electrons. The van der Waals surface area contributed by atoms with Gasteiger partial charge in [-0.25, -0.2) is 9.59 Å². The van der Waals surface area contributed by atoms with E-state index in [2.05, 4.69) is 4.98 Å². The molecule has 6 atom stereocenters. The smallest absolute Gasteiger partial charge is 0.340 e. The Morgan fingerprint density at radius 2 is 1.77 bits per heavy atom. The number of hydrogen-bond donors (Lipinski definition) is 2. The van der Waals surface area contributed by atoms with E-state index in [1.54, 1.807) is 25.4 Å². The number of carbonyl (C=O) groups is 2. The zero-order valence-corrected chi connectivity index (χ0v) is 15.0. The van der Waals surface area contributed by atoms with E-state index in [1.165, 1.54) is 25.5 Å². The lowest BCUT2D eigenvalue weighted by atomic mass is 9.69. The molecule has 6 unspecified atom stereocenters. The lowest BCUT2D eigenvalue weighted by Crippen LogP contribution is -2.45. The molecule has 0 spiro atoms. The van der Waals surface area contributed by atoms with Crippen molar-refractivity contribution in [2.24, 2.45) is 29.4 Å². The van der Waals surface area contributed by atoms with Gasteiger partial charge in [0.2, 0.25) is 0 Å². The van der Waals surface area contributed by atoms with Crippen LogP contribution in [0.2, 0.25) is 0 Å². The van der Waals surface area contributed by atoms with Crippen LogP contribution >= 0.6 is 0 Å². The molecule has 3 saturated carbocycles. The van der Waals surface area contributed by atoms with Gasteiger partial charge in [-0.2, -0.15) is 0 Å². The van der Waals surface area contributed by atoms with E-state index in [9.17, 15) is 9.59 Å². The fraction of sp³-hybridized carbons (Fsp3) is 0.600. The maximum absolute atomic E-state index is 12.4. The van der Waals surface area contributed by atoms with Crippen molar-refractivity contribution >= 4 is 11.9 Å². The van der Waals surface area contributed by atoms with E-state index in [0.29, 0.717) is 23.0 Å². The lowest BCUT2D eigenvalue weighted by molar-refractivity contribution is -0.158. The van der Waals surface area contributed by atoms with Gasteiger partial charge >= 0.3 is 11.9 Å². The number of aromatic amines is 1. The number of esters is 2. The molecule has 26 heavy (non-hydrogen) atoms. The Kier molecular flexibility index (Phi) is 4.51. The van der Waals surface area contributed by atoms with Crippen molar-refractivity contribution in [1.29, 1.82) is 0 Å². The van der Waals surface area contributed by atoms with Gasteiger partial charge in [-0.1, -0.05) is 0 Å². The number of H-pyrrole nitrogens is 1. The summed E-state index contributed by atoms with van der Waals surface area (Å²) in [5.41, 5.74) is 6.30. The van der Waals surface area contributed by atoms with Crippen LogP contribution in [0.1, 0.15) is 49.4 Å². The summed E-state index contributed by atoms with van der Waals surface area (Å²) in [7, 11) is 0. The van der Waals surface area contributed by atoms with Crippen LogP contribution in [0.15, 0.2) is 30.2 Å². The Morgan fingerprint density at radius 3 is 2.35 bits per heavy atom. The molecule has 0 saturated heterocycles. The van der Waals surface area contributed by atoms with Crippen LogP contribution in [0.5, 0.6) is 0 Å². The summed E-state index contributed by atoms with van der Waals surface area (Å²) in [5, 5.41) is 0. The van der Waals surface area contributed by atoms with E-state index < -0.39 is 18.2 Å². The van der Waals surface area contributed by atoms with Gasteiger partial charge in [-0.05, 0) is 68.8 Å². The Bertz CT molecular complexity index is 711. The molecule has 1 aromatic heterocycles. The van der Waals surface area contributed by atoms with Crippen molar-refractivity contribution in [3.05, 3.63) is 35.8 Å². The summed E-state index contributed by atoms with van der Waals surface area (Å²) in [6.45, 7) is 1.63. The average molecular weight is 358 g/mol. The number of rotatable bonds is 4. The first-order chi connectivity index (χ1) is 12.6.